The van der Waals surface area contributed by atoms with Gasteiger partial charge in [0.2, 0.25) is 0 Å². The van der Waals surface area contributed by atoms with E-state index in [0.717, 1.165) is 9.79 Å². The lowest BCUT2D eigenvalue weighted by atomic mass is 10.1. The SMILES string of the molecule is [O-]N(O)c1cc(N[C@@H]2C[C@@H](O)[C@@H](O)CO2)cc(Sc2ccccc2)c1. The molecule has 7 nitrogen and oxygen atoms in total. The molecule has 1 heterocycles. The Hall–Kier alpha value is -1.81. The van der Waals surface area contributed by atoms with Crippen molar-refractivity contribution in [2.45, 2.75) is 34.6 Å². The highest BCUT2D eigenvalue weighted by atomic mass is 32.2. The molecule has 4 N–H and O–H groups in total. The summed E-state index contributed by atoms with van der Waals surface area (Å²) < 4.78 is 5.44. The molecule has 25 heavy (non-hydrogen) atoms. The van der Waals surface area contributed by atoms with Crippen LogP contribution in [0, 0.1) is 5.21 Å². The van der Waals surface area contributed by atoms with E-state index in [2.05, 4.69) is 5.32 Å². The zero-order chi connectivity index (χ0) is 17.8. The van der Waals surface area contributed by atoms with Gasteiger partial charge in [0, 0.05) is 21.9 Å². The molecule has 0 aromatic heterocycles. The summed E-state index contributed by atoms with van der Waals surface area (Å²) in [7, 11) is 0. The van der Waals surface area contributed by atoms with Crippen molar-refractivity contribution < 1.29 is 20.2 Å². The van der Waals surface area contributed by atoms with Crippen LogP contribution in [0.15, 0.2) is 58.3 Å². The van der Waals surface area contributed by atoms with Crippen molar-refractivity contribution in [3.05, 3.63) is 53.7 Å². The minimum Gasteiger partial charge on any atom is -0.733 e. The van der Waals surface area contributed by atoms with Crippen LogP contribution in [0.2, 0.25) is 0 Å². The van der Waals surface area contributed by atoms with Gasteiger partial charge < -0.3 is 30.7 Å². The van der Waals surface area contributed by atoms with E-state index in [9.17, 15) is 20.6 Å². The van der Waals surface area contributed by atoms with Crippen molar-refractivity contribution in [3.63, 3.8) is 0 Å². The van der Waals surface area contributed by atoms with Crippen LogP contribution < -0.4 is 10.5 Å². The summed E-state index contributed by atoms with van der Waals surface area (Å²) in [5.41, 5.74) is 0.652. The van der Waals surface area contributed by atoms with Gasteiger partial charge in [0.15, 0.2) is 0 Å². The Bertz CT molecular complexity index is 701. The van der Waals surface area contributed by atoms with Gasteiger partial charge in [0.25, 0.3) is 0 Å². The largest absolute Gasteiger partial charge is 0.733 e. The molecular weight excluding hydrogens is 344 g/mol. The highest BCUT2D eigenvalue weighted by Gasteiger charge is 2.28. The molecule has 1 aliphatic heterocycles. The number of ether oxygens (including phenoxy) is 1. The zero-order valence-electron chi connectivity index (χ0n) is 13.3. The molecule has 2 aromatic rings. The van der Waals surface area contributed by atoms with Crippen LogP contribution in [0.3, 0.4) is 0 Å². The normalized spacial score (nSPS) is 23.3. The van der Waals surface area contributed by atoms with Crippen LogP contribution in [-0.2, 0) is 4.74 Å². The van der Waals surface area contributed by atoms with Gasteiger partial charge in [-0.15, -0.1) is 0 Å². The van der Waals surface area contributed by atoms with E-state index >= 15 is 0 Å². The molecule has 0 bridgehead atoms. The van der Waals surface area contributed by atoms with Crippen LogP contribution in [-0.4, -0.2) is 40.5 Å². The molecule has 0 spiro atoms. The molecule has 3 atom stereocenters. The Kier molecular flexibility index (Phi) is 5.79. The number of hydrogen-bond acceptors (Lipinski definition) is 8. The summed E-state index contributed by atoms with van der Waals surface area (Å²) in [5, 5.41) is 42.7. The number of anilines is 2. The maximum atomic E-state index is 11.3. The monoisotopic (exact) mass is 363 g/mol. The second kappa shape index (κ2) is 8.05. The van der Waals surface area contributed by atoms with Gasteiger partial charge in [0.1, 0.15) is 12.3 Å². The molecule has 134 valence electrons. The number of nitrogens with one attached hydrogen (secondary N) is 1. The fraction of sp³-hybridized carbons (Fsp3) is 0.294. The number of hydrogen-bond donors (Lipinski definition) is 4. The van der Waals surface area contributed by atoms with Crippen LogP contribution in [0.1, 0.15) is 6.42 Å². The third-order valence-corrected chi connectivity index (χ3v) is 4.77. The van der Waals surface area contributed by atoms with Gasteiger partial charge in [-0.05, 0) is 30.3 Å². The first kappa shape index (κ1) is 18.0. The summed E-state index contributed by atoms with van der Waals surface area (Å²) in [6.45, 7) is 0.0256. The predicted molar refractivity (Wildman–Crippen MR) is 94.6 cm³/mol. The smallest absolute Gasteiger partial charge is 0.130 e. The van der Waals surface area contributed by atoms with Gasteiger partial charge in [-0.2, -0.15) is 0 Å². The molecule has 1 fully saturated rings. The van der Waals surface area contributed by atoms with E-state index in [-0.39, 0.29) is 23.9 Å². The van der Waals surface area contributed by atoms with Gasteiger partial charge >= 0.3 is 0 Å². The lowest BCUT2D eigenvalue weighted by Crippen LogP contribution is -2.44. The lowest BCUT2D eigenvalue weighted by Gasteiger charge is -2.32. The molecule has 3 rings (SSSR count). The quantitative estimate of drug-likeness (QED) is 0.600. The third-order valence-electron chi connectivity index (χ3n) is 3.79. The molecule has 0 amide bonds. The van der Waals surface area contributed by atoms with Crippen molar-refractivity contribution in [3.8, 4) is 0 Å². The topological polar surface area (TPSA) is 108 Å². The van der Waals surface area contributed by atoms with E-state index in [4.69, 9.17) is 4.74 Å². The fourth-order valence-electron chi connectivity index (χ4n) is 2.52. The Morgan fingerprint density at radius 2 is 1.84 bits per heavy atom. The summed E-state index contributed by atoms with van der Waals surface area (Å²) in [6, 6.07) is 14.5. The molecule has 8 heteroatoms. The van der Waals surface area contributed by atoms with Crippen LogP contribution in [0.25, 0.3) is 0 Å². The van der Waals surface area contributed by atoms with Gasteiger partial charge in [-0.25, -0.2) is 0 Å². The van der Waals surface area contributed by atoms with Crippen LogP contribution >= 0.6 is 11.8 Å². The number of benzene rings is 2. The molecular formula is C17H19N2O5S-. The van der Waals surface area contributed by atoms with Gasteiger partial charge in [0.05, 0.1) is 18.4 Å². The molecule has 0 aliphatic carbocycles. The Labute approximate surface area is 149 Å². The number of rotatable bonds is 5. The van der Waals surface area contributed by atoms with Crippen molar-refractivity contribution in [2.24, 2.45) is 0 Å². The van der Waals surface area contributed by atoms with Crippen molar-refractivity contribution in [2.75, 3.05) is 17.2 Å². The van der Waals surface area contributed by atoms with Crippen LogP contribution in [0.5, 0.6) is 0 Å². The van der Waals surface area contributed by atoms with Crippen molar-refractivity contribution in [1.29, 1.82) is 0 Å². The molecule has 0 saturated carbocycles. The predicted octanol–water partition coefficient (Wildman–Crippen LogP) is 2.41. The van der Waals surface area contributed by atoms with Crippen molar-refractivity contribution >= 4 is 23.1 Å². The lowest BCUT2D eigenvalue weighted by molar-refractivity contribution is -0.112. The number of aliphatic hydroxyl groups excluding tert-OH is 2. The van der Waals surface area contributed by atoms with E-state index in [1.165, 1.54) is 17.8 Å². The average Bonchev–Trinajstić information content (AvgIpc) is 2.59. The van der Waals surface area contributed by atoms with Gasteiger partial charge in [-0.3, -0.25) is 5.21 Å². The fourth-order valence-corrected chi connectivity index (χ4v) is 3.45. The van der Waals surface area contributed by atoms with E-state index in [1.54, 1.807) is 6.07 Å². The minimum absolute atomic E-state index is 0.0256. The minimum atomic E-state index is -0.900. The first-order valence-corrected chi connectivity index (χ1v) is 8.61. The average molecular weight is 363 g/mol. The summed E-state index contributed by atoms with van der Waals surface area (Å²) in [5.74, 6) is 0. The van der Waals surface area contributed by atoms with Crippen molar-refractivity contribution in [1.82, 2.24) is 0 Å². The zero-order valence-corrected chi connectivity index (χ0v) is 14.1. The molecule has 1 aliphatic rings. The Morgan fingerprint density at radius 1 is 1.08 bits per heavy atom. The number of aliphatic hydroxyl groups is 2. The molecule has 1 saturated heterocycles. The summed E-state index contributed by atoms with van der Waals surface area (Å²) in [4.78, 5) is 1.76. The standard InChI is InChI=1S/C17H19N2O5S/c20-15-9-17(24-10-16(15)21)18-11-6-12(19(22)23)8-14(7-11)25-13-4-2-1-3-5-13/h1-8,15-18,20-22H,9-10H2/q-1/t15-,16+,17+/m1/s1. The second-order valence-electron chi connectivity index (χ2n) is 5.74. The third kappa shape index (κ3) is 4.85. The highest BCUT2D eigenvalue weighted by molar-refractivity contribution is 7.99. The first-order chi connectivity index (χ1) is 12.0. The van der Waals surface area contributed by atoms with Gasteiger partial charge in [-0.1, -0.05) is 30.0 Å². The van der Waals surface area contributed by atoms with E-state index in [0.29, 0.717) is 5.69 Å². The van der Waals surface area contributed by atoms with E-state index in [1.807, 2.05) is 36.4 Å². The van der Waals surface area contributed by atoms with Crippen LogP contribution in [0.4, 0.5) is 11.4 Å². The molecule has 0 unspecified atom stereocenters. The molecule has 2 aromatic carbocycles. The second-order valence-corrected chi connectivity index (χ2v) is 6.89. The Balaban J connectivity index is 1.78. The number of nitrogens with zero attached hydrogens (tertiary/aromatic N) is 1. The summed E-state index contributed by atoms with van der Waals surface area (Å²) in [6.07, 6.45) is -2.06. The first-order valence-electron chi connectivity index (χ1n) is 7.79. The maximum Gasteiger partial charge on any atom is 0.130 e. The Morgan fingerprint density at radius 3 is 2.52 bits per heavy atom. The van der Waals surface area contributed by atoms with E-state index < -0.39 is 18.4 Å². The highest BCUT2D eigenvalue weighted by Crippen LogP contribution is 2.33. The summed E-state index contributed by atoms with van der Waals surface area (Å²) >= 11 is 1.45. The maximum absolute atomic E-state index is 11.3. The molecule has 0 radical (unpaired) electrons.